The van der Waals surface area contributed by atoms with Crippen molar-refractivity contribution < 1.29 is 10.0 Å². The van der Waals surface area contributed by atoms with E-state index in [2.05, 4.69) is 468 Å². The first kappa shape index (κ1) is 75.8. The molecule has 0 saturated carbocycles. The van der Waals surface area contributed by atoms with Gasteiger partial charge >= 0.3 is 7.12 Å². The fourth-order valence-electron chi connectivity index (χ4n) is 24.5. The van der Waals surface area contributed by atoms with Crippen LogP contribution in [0, 0.1) is 0 Å². The third-order valence-corrected chi connectivity index (χ3v) is 30.0. The average Bonchev–Trinajstić information content (AvgIpc) is 1.48. The second-order valence-electron chi connectivity index (χ2n) is 35.3. The summed E-state index contributed by atoms with van der Waals surface area (Å²) < 4.78 is 5.82. The minimum absolute atomic E-state index is 0.380. The summed E-state index contributed by atoms with van der Waals surface area (Å²) in [6, 6.07) is 174. The van der Waals surface area contributed by atoms with E-state index < -0.39 is 23.4 Å². The second-order valence-corrected chi connectivity index (χ2v) is 36.1. The predicted molar refractivity (Wildman–Crippen MR) is 538 cm³/mol. The minimum atomic E-state index is -1.47. The number of hydrogen-bond donors (Lipinski definition) is 2. The number of nitrogens with zero attached hydrogens (tertiary/aromatic N) is 2. The Morgan fingerprint density at radius 2 is 0.454 bits per heavy atom. The van der Waals surface area contributed by atoms with Crippen LogP contribution < -0.4 is 5.46 Å². The molecule has 608 valence electrons. The second kappa shape index (κ2) is 29.3. The summed E-state index contributed by atoms with van der Waals surface area (Å²) in [4.78, 5) is 0. The Bertz CT molecular complexity index is 8270. The fourth-order valence-corrected chi connectivity index (χ4v) is 25.1. The number of aromatic nitrogens is 2. The Labute approximate surface area is 763 Å². The van der Waals surface area contributed by atoms with Gasteiger partial charge in [0.25, 0.3) is 0 Å². The topological polar surface area (TPSA) is 50.3 Å². The molecule has 28 rings (SSSR count). The van der Waals surface area contributed by atoms with E-state index in [1.165, 1.54) is 200 Å². The Morgan fingerprint density at radius 3 is 0.862 bits per heavy atom. The van der Waals surface area contributed by atoms with E-state index in [-0.39, 0.29) is 5.41 Å². The molecule has 0 atom stereocenters. The van der Waals surface area contributed by atoms with Crippen molar-refractivity contribution in [2.45, 2.75) is 21.7 Å². The molecular formula is C124H80BBrN2O2. The van der Waals surface area contributed by atoms with Crippen LogP contribution in [0.5, 0.6) is 0 Å². The Morgan fingerprint density at radius 1 is 0.185 bits per heavy atom. The van der Waals surface area contributed by atoms with Crippen molar-refractivity contribution in [3.8, 4) is 89.3 Å². The van der Waals surface area contributed by atoms with E-state index in [0.29, 0.717) is 5.46 Å². The lowest BCUT2D eigenvalue weighted by atomic mass is 9.52. The number of hydrogen-bond acceptors (Lipinski definition) is 2. The molecule has 6 aliphatic rings. The maximum Gasteiger partial charge on any atom is 0.488 e. The Hall–Kier alpha value is -15.5. The molecule has 4 nitrogen and oxygen atoms in total. The van der Waals surface area contributed by atoms with Crippen LogP contribution in [0.4, 0.5) is 0 Å². The van der Waals surface area contributed by atoms with Crippen molar-refractivity contribution in [2.24, 2.45) is 0 Å². The zero-order valence-corrected chi connectivity index (χ0v) is 72.4. The van der Waals surface area contributed by atoms with Crippen LogP contribution in [0.1, 0.15) is 89.0 Å². The maximum absolute atomic E-state index is 9.49. The molecule has 20 aromatic carbocycles. The third kappa shape index (κ3) is 10.4. The standard InChI is InChI=1S/C62H39N.C38H23Br.C24H18BNO2/c1-2-20-43(21-3-1)63-58-35-15-7-24-47(58)49-39-41(36-37-59(49)63)40-18-16-19-42(38-40)44-26-17-34-57-60(44)48-25-6-10-29-52(48)62(57)55-32-13-11-30-53(55)61(54-31-12-14-33-56(54)62)50-27-8-4-22-45(50)46-23-5-9-28-51(46)61;39-35-23-11-22-34-36(35)26-14-3-6-17-29(26)38(34)32-20-9-7-18-30(32)37(31-19-8-10-21-33(31)38)27-15-4-1-12-24(27)25-13-2-5-16-28(25)37;27-25(28)19-8-6-7-17(15-19)18-13-14-24-22(16-18)21-11-4-5-12-23(21)26(24)20-9-2-1-3-10-20/h1-39H;1-23H;1-16,27-28H. The zero-order valence-electron chi connectivity index (χ0n) is 70.8. The van der Waals surface area contributed by atoms with Crippen molar-refractivity contribution in [1.82, 2.24) is 9.13 Å². The van der Waals surface area contributed by atoms with Crippen molar-refractivity contribution in [1.29, 1.82) is 0 Å². The SMILES string of the molecule is Brc1cccc2c1-c1ccccc1C21c2ccccc2C2(c3ccccc3-c3ccccc32)c2ccccc21.OB(O)c1cccc(-c2ccc3c(c2)c2ccccc2n3-c2ccccc2)c1.c1ccc(-n2c3ccccc3c3cc(-c4cccc(-c5cccc6c5-c5ccccc5C65c6ccccc6C6(c7ccccc7-c7ccccc76)c6ccccc65)c4)ccc32)cc1. The molecule has 6 aliphatic carbocycles. The van der Waals surface area contributed by atoms with Crippen molar-refractivity contribution in [3.05, 3.63) is 567 Å². The molecule has 4 spiro atoms. The first-order valence-electron chi connectivity index (χ1n) is 44.9. The summed E-state index contributed by atoms with van der Waals surface area (Å²) >= 11 is 3.95. The molecule has 0 amide bonds. The summed E-state index contributed by atoms with van der Waals surface area (Å²) in [6.45, 7) is 0. The van der Waals surface area contributed by atoms with Gasteiger partial charge in [-0.15, -0.1) is 0 Å². The summed E-state index contributed by atoms with van der Waals surface area (Å²) in [7, 11) is -1.47. The molecule has 6 heteroatoms. The van der Waals surface area contributed by atoms with Gasteiger partial charge in [-0.05, 0) is 240 Å². The van der Waals surface area contributed by atoms with Crippen LogP contribution in [-0.2, 0) is 21.7 Å². The van der Waals surface area contributed by atoms with E-state index in [4.69, 9.17) is 0 Å². The molecule has 2 heterocycles. The highest BCUT2D eigenvalue weighted by molar-refractivity contribution is 9.10. The van der Waals surface area contributed by atoms with E-state index in [9.17, 15) is 10.0 Å². The maximum atomic E-state index is 9.49. The highest BCUT2D eigenvalue weighted by atomic mass is 79.9. The molecule has 2 aromatic heterocycles. The summed E-state index contributed by atoms with van der Waals surface area (Å²) in [5, 5.41) is 23.9. The number of para-hydroxylation sites is 4. The van der Waals surface area contributed by atoms with Crippen LogP contribution in [0.15, 0.2) is 478 Å². The third-order valence-electron chi connectivity index (χ3n) is 29.3. The van der Waals surface area contributed by atoms with Crippen LogP contribution in [-0.4, -0.2) is 26.3 Å². The molecule has 0 fully saturated rings. The highest BCUT2D eigenvalue weighted by Crippen LogP contribution is 2.71. The lowest BCUT2D eigenvalue weighted by Gasteiger charge is -2.48. The fraction of sp³-hybridized carbons (Fsp3) is 0.0323. The molecule has 2 N–H and O–H groups in total. The normalized spacial score (nSPS) is 14.1. The van der Waals surface area contributed by atoms with Crippen molar-refractivity contribution in [3.63, 3.8) is 0 Å². The van der Waals surface area contributed by atoms with Gasteiger partial charge < -0.3 is 19.2 Å². The molecule has 0 bridgehead atoms. The number of rotatable bonds is 6. The van der Waals surface area contributed by atoms with Crippen LogP contribution in [0.25, 0.3) is 133 Å². The molecule has 130 heavy (non-hydrogen) atoms. The van der Waals surface area contributed by atoms with Gasteiger partial charge in [0.15, 0.2) is 0 Å². The lowest BCUT2D eigenvalue weighted by Crippen LogP contribution is -2.43. The van der Waals surface area contributed by atoms with E-state index in [1.54, 1.807) is 6.07 Å². The monoisotopic (exact) mass is 1720 g/mol. The van der Waals surface area contributed by atoms with E-state index >= 15 is 0 Å². The van der Waals surface area contributed by atoms with Crippen molar-refractivity contribution >= 4 is 72.1 Å². The first-order valence-corrected chi connectivity index (χ1v) is 45.7. The van der Waals surface area contributed by atoms with E-state index in [0.717, 1.165) is 26.8 Å². The van der Waals surface area contributed by atoms with Gasteiger partial charge in [0.1, 0.15) is 0 Å². The Balaban J connectivity index is 0.000000113. The van der Waals surface area contributed by atoms with Gasteiger partial charge in [-0.25, -0.2) is 0 Å². The predicted octanol–water partition coefficient (Wildman–Crippen LogP) is 28.8. The smallest absolute Gasteiger partial charge is 0.423 e. The summed E-state index contributed by atoms with van der Waals surface area (Å²) in [6.07, 6.45) is 0. The van der Waals surface area contributed by atoms with Gasteiger partial charge in [0.2, 0.25) is 0 Å². The lowest BCUT2D eigenvalue weighted by molar-refractivity contribution is 0.426. The van der Waals surface area contributed by atoms with Gasteiger partial charge in [0.05, 0.1) is 43.7 Å². The van der Waals surface area contributed by atoms with Gasteiger partial charge in [-0.1, -0.05) is 416 Å². The zero-order chi connectivity index (χ0) is 86.1. The largest absolute Gasteiger partial charge is 0.488 e. The molecule has 0 unspecified atom stereocenters. The number of fused-ring (bicyclic) bond motifs is 38. The van der Waals surface area contributed by atoms with Crippen LogP contribution in [0.2, 0.25) is 0 Å². The molecule has 22 aromatic rings. The molecule has 0 radical (unpaired) electrons. The van der Waals surface area contributed by atoms with Crippen LogP contribution in [0.3, 0.4) is 0 Å². The van der Waals surface area contributed by atoms with Gasteiger partial charge in [0, 0.05) is 43.0 Å². The quantitative estimate of drug-likeness (QED) is 0.163. The minimum Gasteiger partial charge on any atom is -0.423 e. The average molecular weight is 1720 g/mol. The molecular weight excluding hydrogens is 1640 g/mol. The van der Waals surface area contributed by atoms with E-state index in [1.807, 2.05) is 24.3 Å². The first-order chi connectivity index (χ1) is 64.3. The van der Waals surface area contributed by atoms with Crippen molar-refractivity contribution in [2.75, 3.05) is 0 Å². The summed E-state index contributed by atoms with van der Waals surface area (Å²) in [5.74, 6) is 0. The molecule has 0 aliphatic heterocycles. The van der Waals surface area contributed by atoms with Gasteiger partial charge in [-0.2, -0.15) is 0 Å². The molecule has 0 saturated heterocycles. The Kier molecular flexibility index (Phi) is 17.1. The van der Waals surface area contributed by atoms with Gasteiger partial charge in [-0.3, -0.25) is 0 Å². The number of benzene rings is 20. The number of halogens is 1. The summed E-state index contributed by atoms with van der Waals surface area (Å²) in [5.41, 5.74) is 45.1. The highest BCUT2D eigenvalue weighted by Gasteiger charge is 2.61. The van der Waals surface area contributed by atoms with Crippen LogP contribution >= 0.6 is 15.9 Å².